The first-order chi connectivity index (χ1) is 13.8. The second kappa shape index (κ2) is 8.61. The van der Waals surface area contributed by atoms with E-state index in [4.69, 9.17) is 0 Å². The van der Waals surface area contributed by atoms with E-state index in [2.05, 4.69) is 46.7 Å². The lowest BCUT2D eigenvalue weighted by Crippen LogP contribution is -3.11. The summed E-state index contributed by atoms with van der Waals surface area (Å²) in [5.74, 6) is 0.658. The molecule has 0 aliphatic heterocycles. The second-order valence-corrected chi connectivity index (χ2v) is 7.58. The Kier molecular flexibility index (Phi) is 5.76. The van der Waals surface area contributed by atoms with Crippen LogP contribution in [0.1, 0.15) is 61.6 Å². The SMILES string of the molecule is CC[NH+](Cc1ccccc1)[C@H](c1ccc(F)cc1)c1nnnn1C1CCCC1. The Morgan fingerprint density at radius 3 is 2.46 bits per heavy atom. The van der Waals surface area contributed by atoms with Gasteiger partial charge in [-0.05, 0) is 54.5 Å². The number of hydrogen-bond donors (Lipinski definition) is 1. The van der Waals surface area contributed by atoms with E-state index in [0.29, 0.717) is 6.04 Å². The smallest absolute Gasteiger partial charge is 0.214 e. The van der Waals surface area contributed by atoms with Gasteiger partial charge in [-0.15, -0.1) is 5.10 Å². The average molecular weight is 380 g/mol. The van der Waals surface area contributed by atoms with Crippen LogP contribution in [0.5, 0.6) is 0 Å². The van der Waals surface area contributed by atoms with E-state index in [1.54, 1.807) is 0 Å². The normalized spacial score (nSPS) is 16.9. The largest absolute Gasteiger partial charge is 0.319 e. The number of hydrogen-bond acceptors (Lipinski definition) is 3. The van der Waals surface area contributed by atoms with Crippen LogP contribution in [-0.2, 0) is 6.54 Å². The predicted octanol–water partition coefficient (Wildman–Crippen LogP) is 3.12. The molecule has 6 heteroatoms. The van der Waals surface area contributed by atoms with E-state index in [-0.39, 0.29) is 11.9 Å². The summed E-state index contributed by atoms with van der Waals surface area (Å²) in [5, 5.41) is 12.8. The molecule has 1 saturated carbocycles. The molecule has 1 N–H and O–H groups in total. The number of nitrogens with zero attached hydrogens (tertiary/aromatic N) is 4. The van der Waals surface area contributed by atoms with Gasteiger partial charge in [-0.1, -0.05) is 43.2 Å². The van der Waals surface area contributed by atoms with Crippen molar-refractivity contribution < 1.29 is 9.29 Å². The van der Waals surface area contributed by atoms with Gasteiger partial charge in [-0.2, -0.15) is 0 Å². The van der Waals surface area contributed by atoms with Crippen molar-refractivity contribution in [2.45, 2.75) is 51.2 Å². The van der Waals surface area contributed by atoms with Crippen molar-refractivity contribution in [1.29, 1.82) is 0 Å². The van der Waals surface area contributed by atoms with Gasteiger partial charge in [0.1, 0.15) is 12.4 Å². The van der Waals surface area contributed by atoms with Gasteiger partial charge >= 0.3 is 0 Å². The van der Waals surface area contributed by atoms with Crippen molar-refractivity contribution in [3.8, 4) is 0 Å². The first-order valence-electron chi connectivity index (χ1n) is 10.2. The Bertz CT molecular complexity index is 871. The Morgan fingerprint density at radius 1 is 1.07 bits per heavy atom. The van der Waals surface area contributed by atoms with Crippen molar-refractivity contribution in [2.75, 3.05) is 6.54 Å². The van der Waals surface area contributed by atoms with Gasteiger partial charge in [0.05, 0.1) is 12.6 Å². The molecule has 0 amide bonds. The fourth-order valence-corrected chi connectivity index (χ4v) is 4.31. The molecule has 3 aromatic rings. The molecule has 1 aromatic heterocycles. The third-order valence-electron chi connectivity index (χ3n) is 5.79. The second-order valence-electron chi connectivity index (χ2n) is 7.58. The first kappa shape index (κ1) is 18.7. The lowest BCUT2D eigenvalue weighted by atomic mass is 10.0. The standard InChI is InChI=1S/C22H26FN5/c1-2-27(16-17-8-4-3-5-9-17)21(18-12-14-19(23)15-13-18)22-24-25-26-28(22)20-10-6-7-11-20/h3-5,8-9,12-15,20-21H,2,6-7,10-11,16H2,1H3/p+1/t21-/m1/s1. The average Bonchev–Trinajstić information content (AvgIpc) is 3.41. The van der Waals surface area contributed by atoms with Gasteiger partial charge < -0.3 is 4.90 Å². The lowest BCUT2D eigenvalue weighted by molar-refractivity contribution is -0.938. The van der Waals surface area contributed by atoms with Crippen LogP contribution in [0.15, 0.2) is 54.6 Å². The summed E-state index contributed by atoms with van der Waals surface area (Å²) in [5.41, 5.74) is 2.31. The van der Waals surface area contributed by atoms with E-state index in [1.165, 1.54) is 35.4 Å². The molecule has 1 aliphatic carbocycles. The third-order valence-corrected chi connectivity index (χ3v) is 5.79. The predicted molar refractivity (Wildman–Crippen MR) is 105 cm³/mol. The van der Waals surface area contributed by atoms with Crippen molar-refractivity contribution in [1.82, 2.24) is 20.2 Å². The first-order valence-corrected chi connectivity index (χ1v) is 10.2. The van der Waals surface area contributed by atoms with Gasteiger partial charge in [-0.25, -0.2) is 9.07 Å². The minimum absolute atomic E-state index is 0.0404. The highest BCUT2D eigenvalue weighted by Gasteiger charge is 2.33. The van der Waals surface area contributed by atoms with Crippen LogP contribution < -0.4 is 4.90 Å². The third kappa shape index (κ3) is 3.97. The van der Waals surface area contributed by atoms with Gasteiger partial charge in [0.15, 0.2) is 6.04 Å². The fraction of sp³-hybridized carbons (Fsp3) is 0.409. The van der Waals surface area contributed by atoms with Crippen LogP contribution in [0, 0.1) is 5.82 Å². The summed E-state index contributed by atoms with van der Waals surface area (Å²) in [6.45, 7) is 3.95. The number of tetrazole rings is 1. The molecule has 1 fully saturated rings. The number of nitrogens with one attached hydrogen (secondary N) is 1. The molecule has 0 radical (unpaired) electrons. The molecule has 2 aromatic carbocycles. The number of benzene rings is 2. The molecular formula is C22H27FN5+. The van der Waals surface area contributed by atoms with E-state index in [1.807, 2.05) is 22.9 Å². The minimum atomic E-state index is -0.223. The summed E-state index contributed by atoms with van der Waals surface area (Å²) < 4.78 is 15.6. The van der Waals surface area contributed by atoms with E-state index >= 15 is 0 Å². The van der Waals surface area contributed by atoms with Crippen molar-refractivity contribution in [3.05, 3.63) is 77.4 Å². The topological polar surface area (TPSA) is 48.0 Å². The van der Waals surface area contributed by atoms with Gasteiger partial charge in [0, 0.05) is 11.1 Å². The molecule has 1 unspecified atom stereocenters. The monoisotopic (exact) mass is 380 g/mol. The molecule has 0 saturated heterocycles. The van der Waals surface area contributed by atoms with Crippen molar-refractivity contribution >= 4 is 0 Å². The Balaban J connectivity index is 1.73. The highest BCUT2D eigenvalue weighted by Crippen LogP contribution is 2.31. The zero-order chi connectivity index (χ0) is 19.3. The minimum Gasteiger partial charge on any atom is -0.319 e. The van der Waals surface area contributed by atoms with Gasteiger partial charge in [0.25, 0.3) is 0 Å². The van der Waals surface area contributed by atoms with Crippen molar-refractivity contribution in [3.63, 3.8) is 0 Å². The number of rotatable bonds is 7. The molecule has 28 heavy (non-hydrogen) atoms. The maximum Gasteiger partial charge on any atom is 0.214 e. The molecule has 5 nitrogen and oxygen atoms in total. The summed E-state index contributed by atoms with van der Waals surface area (Å²) in [6, 6.07) is 17.6. The summed E-state index contributed by atoms with van der Waals surface area (Å²) in [4.78, 5) is 1.34. The Hall–Kier alpha value is -2.60. The van der Waals surface area contributed by atoms with E-state index in [0.717, 1.165) is 37.3 Å². The number of quaternary nitrogens is 1. The molecular weight excluding hydrogens is 353 g/mol. The molecule has 1 aliphatic rings. The maximum absolute atomic E-state index is 13.6. The summed E-state index contributed by atoms with van der Waals surface area (Å²) in [6.07, 6.45) is 4.68. The van der Waals surface area contributed by atoms with E-state index < -0.39 is 0 Å². The Labute approximate surface area is 165 Å². The maximum atomic E-state index is 13.6. The Morgan fingerprint density at radius 2 is 1.79 bits per heavy atom. The van der Waals surface area contributed by atoms with Crippen LogP contribution in [0.2, 0.25) is 0 Å². The summed E-state index contributed by atoms with van der Waals surface area (Å²) in [7, 11) is 0. The molecule has 0 spiro atoms. The number of aromatic nitrogens is 4. The van der Waals surface area contributed by atoms with Gasteiger partial charge in [-0.3, -0.25) is 0 Å². The highest BCUT2D eigenvalue weighted by molar-refractivity contribution is 5.23. The zero-order valence-electron chi connectivity index (χ0n) is 16.3. The van der Waals surface area contributed by atoms with Crippen LogP contribution in [-0.4, -0.2) is 26.8 Å². The van der Waals surface area contributed by atoms with Crippen LogP contribution in [0.3, 0.4) is 0 Å². The molecule has 2 atom stereocenters. The quantitative estimate of drug-likeness (QED) is 0.685. The molecule has 1 heterocycles. The van der Waals surface area contributed by atoms with Crippen molar-refractivity contribution in [2.24, 2.45) is 0 Å². The zero-order valence-corrected chi connectivity index (χ0v) is 16.3. The van der Waals surface area contributed by atoms with Crippen LogP contribution in [0.25, 0.3) is 0 Å². The lowest BCUT2D eigenvalue weighted by Gasteiger charge is -2.28. The van der Waals surface area contributed by atoms with Crippen LogP contribution >= 0.6 is 0 Å². The molecule has 0 bridgehead atoms. The molecule has 146 valence electrons. The van der Waals surface area contributed by atoms with Crippen LogP contribution in [0.4, 0.5) is 4.39 Å². The summed E-state index contributed by atoms with van der Waals surface area (Å²) >= 11 is 0. The van der Waals surface area contributed by atoms with E-state index in [9.17, 15) is 4.39 Å². The highest BCUT2D eigenvalue weighted by atomic mass is 19.1. The molecule has 4 rings (SSSR count). The fourth-order valence-electron chi connectivity index (χ4n) is 4.31. The number of halogens is 1. The van der Waals surface area contributed by atoms with Gasteiger partial charge in [0.2, 0.25) is 5.82 Å².